The van der Waals surface area contributed by atoms with Crippen molar-refractivity contribution in [3.05, 3.63) is 101 Å². The zero-order valence-electron chi connectivity index (χ0n) is 24.8. The number of nitrogens with one attached hydrogen (secondary N) is 1. The number of carbonyl (C=O) groups excluding carboxylic acids is 1. The van der Waals surface area contributed by atoms with Crippen LogP contribution in [0.25, 0.3) is 10.9 Å². The summed E-state index contributed by atoms with van der Waals surface area (Å²) < 4.78 is 45.0. The molecule has 230 valence electrons. The molecule has 6 nitrogen and oxygen atoms in total. The van der Waals surface area contributed by atoms with Crippen LogP contribution in [-0.2, 0) is 12.7 Å². The fraction of sp³-hybridized carbons (Fsp3) is 0.371. The first-order valence-electron chi connectivity index (χ1n) is 15.3. The Bertz CT molecular complexity index is 1570. The highest BCUT2D eigenvalue weighted by Crippen LogP contribution is 2.32. The molecule has 44 heavy (non-hydrogen) atoms. The molecule has 4 aromatic rings. The van der Waals surface area contributed by atoms with Gasteiger partial charge in [0, 0.05) is 68.9 Å². The Balaban J connectivity index is 1.00. The van der Waals surface area contributed by atoms with E-state index in [1.165, 1.54) is 23.3 Å². The van der Waals surface area contributed by atoms with Gasteiger partial charge in [-0.1, -0.05) is 29.8 Å². The number of carbonyl (C=O) groups is 1. The van der Waals surface area contributed by atoms with Gasteiger partial charge in [0.15, 0.2) is 0 Å². The second-order valence-corrected chi connectivity index (χ2v) is 11.9. The quantitative estimate of drug-likeness (QED) is 0.247. The van der Waals surface area contributed by atoms with Crippen LogP contribution in [0.3, 0.4) is 0 Å². The summed E-state index contributed by atoms with van der Waals surface area (Å²) in [6.45, 7) is 6.30. The normalized spacial score (nSPS) is 17.1. The minimum absolute atomic E-state index is 0.00513. The lowest BCUT2D eigenvalue weighted by molar-refractivity contribution is -0.137. The molecule has 0 atom stereocenters. The maximum absolute atomic E-state index is 13.1. The number of aryl methyl sites for hydroxylation is 1. The van der Waals surface area contributed by atoms with Crippen molar-refractivity contribution in [1.29, 1.82) is 0 Å². The molecule has 0 unspecified atom stereocenters. The van der Waals surface area contributed by atoms with E-state index in [1.54, 1.807) is 6.20 Å². The molecule has 0 spiro atoms. The number of hydrogen-bond donors (Lipinski definition) is 1. The van der Waals surface area contributed by atoms with Crippen LogP contribution in [0.4, 0.5) is 18.9 Å². The van der Waals surface area contributed by atoms with E-state index >= 15 is 0 Å². The number of aromatic nitrogens is 1. The third-order valence-corrected chi connectivity index (χ3v) is 8.67. The van der Waals surface area contributed by atoms with Gasteiger partial charge >= 0.3 is 6.18 Å². The van der Waals surface area contributed by atoms with Gasteiger partial charge in [-0.15, -0.1) is 0 Å². The average Bonchev–Trinajstić information content (AvgIpc) is 3.03. The molecular weight excluding hydrogens is 565 g/mol. The van der Waals surface area contributed by atoms with E-state index in [0.717, 1.165) is 74.0 Å². The third kappa shape index (κ3) is 7.33. The van der Waals surface area contributed by atoms with Gasteiger partial charge in [-0.2, -0.15) is 13.2 Å². The molecule has 1 amide bonds. The van der Waals surface area contributed by atoms with Gasteiger partial charge in [0.05, 0.1) is 16.6 Å². The molecule has 3 heterocycles. The molecule has 3 aromatic carbocycles. The Morgan fingerprint density at radius 1 is 0.909 bits per heavy atom. The number of piperidine rings is 2. The number of amides is 1. The van der Waals surface area contributed by atoms with Gasteiger partial charge in [-0.05, 0) is 73.9 Å². The predicted molar refractivity (Wildman–Crippen MR) is 166 cm³/mol. The average molecular weight is 603 g/mol. The second kappa shape index (κ2) is 12.9. The van der Waals surface area contributed by atoms with E-state index in [9.17, 15) is 18.0 Å². The monoisotopic (exact) mass is 602 g/mol. The number of benzene rings is 3. The minimum Gasteiger partial charge on any atom is -0.490 e. The van der Waals surface area contributed by atoms with Crippen molar-refractivity contribution in [2.75, 3.05) is 31.1 Å². The van der Waals surface area contributed by atoms with Crippen molar-refractivity contribution in [3.63, 3.8) is 0 Å². The highest BCUT2D eigenvalue weighted by molar-refractivity contribution is 5.97. The largest absolute Gasteiger partial charge is 0.490 e. The van der Waals surface area contributed by atoms with E-state index in [0.29, 0.717) is 24.4 Å². The summed E-state index contributed by atoms with van der Waals surface area (Å²) in [6, 6.07) is 21.7. The Morgan fingerprint density at radius 3 is 2.30 bits per heavy atom. The van der Waals surface area contributed by atoms with E-state index in [4.69, 9.17) is 4.74 Å². The first-order valence-corrected chi connectivity index (χ1v) is 15.3. The van der Waals surface area contributed by atoms with Crippen LogP contribution in [0.5, 0.6) is 5.75 Å². The summed E-state index contributed by atoms with van der Waals surface area (Å²) in [5.41, 5.74) is 4.04. The first-order chi connectivity index (χ1) is 21.2. The number of rotatable bonds is 7. The molecule has 0 aliphatic carbocycles. The SMILES string of the molecule is Cc1ccc(CN2CCC(NC(=O)c3cnc4ccc(OC5CCN(c6ccc(C(F)(F)F)cc6)CC5)cc4c3)CC2)cc1. The first kappa shape index (κ1) is 29.9. The van der Waals surface area contributed by atoms with Gasteiger partial charge in [0.1, 0.15) is 11.9 Å². The molecule has 2 aliphatic heterocycles. The third-order valence-electron chi connectivity index (χ3n) is 8.67. The number of halogens is 3. The Kier molecular flexibility index (Phi) is 8.75. The summed E-state index contributed by atoms with van der Waals surface area (Å²) in [5.74, 6) is 0.601. The number of fused-ring (bicyclic) bond motifs is 1. The molecule has 2 saturated heterocycles. The molecule has 6 rings (SSSR count). The van der Waals surface area contributed by atoms with Gasteiger partial charge in [-0.3, -0.25) is 14.7 Å². The van der Waals surface area contributed by atoms with Gasteiger partial charge in [0.2, 0.25) is 0 Å². The van der Waals surface area contributed by atoms with Crippen LogP contribution < -0.4 is 15.0 Å². The van der Waals surface area contributed by atoms with Crippen LogP contribution in [-0.4, -0.2) is 54.1 Å². The minimum atomic E-state index is -4.33. The zero-order valence-corrected chi connectivity index (χ0v) is 24.8. The molecular formula is C35H37F3N4O2. The van der Waals surface area contributed by atoms with Crippen LogP contribution >= 0.6 is 0 Å². The van der Waals surface area contributed by atoms with Crippen LogP contribution in [0.15, 0.2) is 79.0 Å². The van der Waals surface area contributed by atoms with Crippen molar-refractivity contribution in [1.82, 2.24) is 15.2 Å². The van der Waals surface area contributed by atoms with Crippen molar-refractivity contribution in [2.45, 2.75) is 57.5 Å². The molecule has 2 aliphatic rings. The Morgan fingerprint density at radius 2 is 1.61 bits per heavy atom. The molecule has 0 saturated carbocycles. The smallest absolute Gasteiger partial charge is 0.416 e. The van der Waals surface area contributed by atoms with E-state index in [1.807, 2.05) is 24.3 Å². The molecule has 0 radical (unpaired) electrons. The van der Waals surface area contributed by atoms with Crippen LogP contribution in [0.2, 0.25) is 0 Å². The number of hydrogen-bond acceptors (Lipinski definition) is 5. The fourth-order valence-corrected chi connectivity index (χ4v) is 6.05. The summed E-state index contributed by atoms with van der Waals surface area (Å²) in [5, 5.41) is 4.04. The van der Waals surface area contributed by atoms with Crippen molar-refractivity contribution >= 4 is 22.5 Å². The topological polar surface area (TPSA) is 57.7 Å². The maximum Gasteiger partial charge on any atom is 0.416 e. The number of alkyl halides is 3. The molecule has 9 heteroatoms. The number of nitrogens with zero attached hydrogens (tertiary/aromatic N) is 3. The lowest BCUT2D eigenvalue weighted by Gasteiger charge is -2.34. The molecule has 0 bridgehead atoms. The molecule has 2 fully saturated rings. The highest BCUT2D eigenvalue weighted by atomic mass is 19.4. The lowest BCUT2D eigenvalue weighted by atomic mass is 10.0. The van der Waals surface area contributed by atoms with Gasteiger partial charge in [0.25, 0.3) is 5.91 Å². The number of likely N-dealkylation sites (tertiary alicyclic amines) is 1. The second-order valence-electron chi connectivity index (χ2n) is 11.9. The van der Waals surface area contributed by atoms with Crippen LogP contribution in [0, 0.1) is 6.92 Å². The Hall–Kier alpha value is -4.11. The number of ether oxygens (including phenoxy) is 1. The molecule has 1 aromatic heterocycles. The van der Waals surface area contributed by atoms with E-state index in [2.05, 4.69) is 51.3 Å². The fourth-order valence-electron chi connectivity index (χ4n) is 6.05. The van der Waals surface area contributed by atoms with Crippen LogP contribution in [0.1, 0.15) is 52.7 Å². The number of pyridine rings is 1. The summed E-state index contributed by atoms with van der Waals surface area (Å²) >= 11 is 0. The standard InChI is InChI=1S/C35H37F3N4O2/c1-24-2-4-25(5-3-24)23-41-16-12-29(13-17-41)40-34(43)27-20-26-21-32(10-11-33(26)39-22-27)44-31-14-18-42(19-15-31)30-8-6-28(7-9-30)35(36,37)38/h2-11,20-22,29,31H,12-19,23H2,1H3,(H,40,43). The summed E-state index contributed by atoms with van der Waals surface area (Å²) in [6.07, 6.45) is 0.617. The van der Waals surface area contributed by atoms with E-state index in [-0.39, 0.29) is 18.1 Å². The Labute approximate surface area is 255 Å². The zero-order chi connectivity index (χ0) is 30.7. The highest BCUT2D eigenvalue weighted by Gasteiger charge is 2.30. The number of anilines is 1. The summed E-state index contributed by atoms with van der Waals surface area (Å²) in [4.78, 5) is 22.2. The van der Waals surface area contributed by atoms with Gasteiger partial charge < -0.3 is 15.0 Å². The molecule has 1 N–H and O–H groups in total. The van der Waals surface area contributed by atoms with Crippen molar-refractivity contribution in [3.8, 4) is 5.75 Å². The van der Waals surface area contributed by atoms with Gasteiger partial charge in [-0.25, -0.2) is 0 Å². The van der Waals surface area contributed by atoms with Crippen molar-refractivity contribution in [2.24, 2.45) is 0 Å². The van der Waals surface area contributed by atoms with Crippen molar-refractivity contribution < 1.29 is 22.7 Å². The summed E-state index contributed by atoms with van der Waals surface area (Å²) in [7, 11) is 0. The predicted octanol–water partition coefficient (Wildman–Crippen LogP) is 7.00. The lowest BCUT2D eigenvalue weighted by Crippen LogP contribution is -2.44. The van der Waals surface area contributed by atoms with E-state index < -0.39 is 11.7 Å². The maximum atomic E-state index is 13.1.